The molecular formula is C14H18N2O2. The smallest absolute Gasteiger partial charge is 0.239 e. The normalized spacial score (nSPS) is 12.6. The number of likely N-dealkylation sites (N-methyl/N-ethyl adjacent to an activating group) is 1. The van der Waals surface area contributed by atoms with Gasteiger partial charge in [0.05, 0.1) is 12.6 Å². The number of furan rings is 1. The molecule has 0 saturated carbocycles. The second kappa shape index (κ2) is 5.23. The summed E-state index contributed by atoms with van der Waals surface area (Å²) in [5, 5.41) is 1.05. The molecule has 0 aliphatic rings. The molecule has 0 aliphatic carbocycles. The monoisotopic (exact) mass is 246 g/mol. The van der Waals surface area contributed by atoms with Gasteiger partial charge in [-0.05, 0) is 18.6 Å². The second-order valence-electron chi connectivity index (χ2n) is 4.46. The molecule has 4 heteroatoms. The van der Waals surface area contributed by atoms with Crippen molar-refractivity contribution in [1.29, 1.82) is 0 Å². The fourth-order valence-electron chi connectivity index (χ4n) is 1.88. The molecular weight excluding hydrogens is 228 g/mol. The van der Waals surface area contributed by atoms with Gasteiger partial charge in [0.25, 0.3) is 0 Å². The Bertz CT molecular complexity index is 514. The first-order valence-corrected chi connectivity index (χ1v) is 6.10. The van der Waals surface area contributed by atoms with E-state index in [0.29, 0.717) is 13.0 Å². The molecule has 2 aromatic rings. The molecule has 0 fully saturated rings. The quantitative estimate of drug-likeness (QED) is 0.899. The maximum absolute atomic E-state index is 11.9. The number of para-hydroxylation sites is 1. The van der Waals surface area contributed by atoms with Crippen molar-refractivity contribution in [3.05, 3.63) is 36.1 Å². The van der Waals surface area contributed by atoms with Gasteiger partial charge in [-0.3, -0.25) is 4.79 Å². The largest absolute Gasteiger partial charge is 0.459 e. The third kappa shape index (κ3) is 2.54. The molecule has 1 amide bonds. The van der Waals surface area contributed by atoms with Crippen molar-refractivity contribution in [2.45, 2.75) is 25.9 Å². The first kappa shape index (κ1) is 12.6. The number of fused-ring (bicyclic) bond motifs is 1. The molecule has 0 radical (unpaired) electrons. The van der Waals surface area contributed by atoms with Gasteiger partial charge in [-0.25, -0.2) is 0 Å². The van der Waals surface area contributed by atoms with Crippen LogP contribution in [0.1, 0.15) is 19.1 Å². The van der Waals surface area contributed by atoms with Gasteiger partial charge in [-0.15, -0.1) is 0 Å². The molecule has 0 spiro atoms. The first-order valence-electron chi connectivity index (χ1n) is 6.10. The molecule has 0 saturated heterocycles. The Hall–Kier alpha value is -1.81. The molecule has 1 heterocycles. The highest BCUT2D eigenvalue weighted by atomic mass is 16.3. The lowest BCUT2D eigenvalue weighted by molar-refractivity contribution is -0.132. The van der Waals surface area contributed by atoms with Crippen molar-refractivity contribution in [3.63, 3.8) is 0 Å². The van der Waals surface area contributed by atoms with Crippen molar-refractivity contribution in [2.75, 3.05) is 7.05 Å². The van der Waals surface area contributed by atoms with E-state index in [-0.39, 0.29) is 5.91 Å². The van der Waals surface area contributed by atoms with Gasteiger partial charge in [-0.2, -0.15) is 0 Å². The van der Waals surface area contributed by atoms with Crippen LogP contribution in [0.25, 0.3) is 11.0 Å². The van der Waals surface area contributed by atoms with Crippen LogP contribution in [0.15, 0.2) is 34.7 Å². The molecule has 2 rings (SSSR count). The van der Waals surface area contributed by atoms with E-state index in [4.69, 9.17) is 10.2 Å². The Morgan fingerprint density at radius 2 is 2.17 bits per heavy atom. The summed E-state index contributed by atoms with van der Waals surface area (Å²) in [6.07, 6.45) is 0.642. The number of rotatable bonds is 4. The Labute approximate surface area is 106 Å². The van der Waals surface area contributed by atoms with Crippen LogP contribution in [0.5, 0.6) is 0 Å². The van der Waals surface area contributed by atoms with Gasteiger partial charge in [0.15, 0.2) is 0 Å². The third-order valence-corrected chi connectivity index (χ3v) is 3.00. The Morgan fingerprint density at radius 3 is 2.83 bits per heavy atom. The predicted octanol–water partition coefficient (Wildman–Crippen LogP) is 2.13. The van der Waals surface area contributed by atoms with E-state index in [2.05, 4.69) is 0 Å². The first-order chi connectivity index (χ1) is 8.61. The van der Waals surface area contributed by atoms with Gasteiger partial charge in [-0.1, -0.05) is 25.1 Å². The highest BCUT2D eigenvalue weighted by Crippen LogP contribution is 2.19. The molecule has 96 valence electrons. The Morgan fingerprint density at radius 1 is 1.44 bits per heavy atom. The highest BCUT2D eigenvalue weighted by Gasteiger charge is 2.17. The topological polar surface area (TPSA) is 59.5 Å². The van der Waals surface area contributed by atoms with E-state index >= 15 is 0 Å². The van der Waals surface area contributed by atoms with Crippen LogP contribution >= 0.6 is 0 Å². The van der Waals surface area contributed by atoms with E-state index in [1.165, 1.54) is 0 Å². The van der Waals surface area contributed by atoms with Crippen LogP contribution in [0.3, 0.4) is 0 Å². The van der Waals surface area contributed by atoms with E-state index in [9.17, 15) is 4.79 Å². The maximum atomic E-state index is 11.9. The summed E-state index contributed by atoms with van der Waals surface area (Å²) in [5.41, 5.74) is 6.57. The summed E-state index contributed by atoms with van der Waals surface area (Å²) < 4.78 is 5.67. The standard InChI is InChI=1S/C14H18N2O2/c1-3-12(15)14(17)16(2)9-11-8-10-6-4-5-7-13(10)18-11/h4-8,12H,3,9,15H2,1-2H3/t12-/m0/s1. The van der Waals surface area contributed by atoms with Crippen molar-refractivity contribution >= 4 is 16.9 Å². The van der Waals surface area contributed by atoms with Crippen molar-refractivity contribution in [2.24, 2.45) is 5.73 Å². The summed E-state index contributed by atoms with van der Waals surface area (Å²) in [6, 6.07) is 9.32. The van der Waals surface area contributed by atoms with Crippen LogP contribution in [-0.2, 0) is 11.3 Å². The fraction of sp³-hybridized carbons (Fsp3) is 0.357. The fourth-order valence-corrected chi connectivity index (χ4v) is 1.88. The lowest BCUT2D eigenvalue weighted by Gasteiger charge is -2.19. The molecule has 1 atom stereocenters. The van der Waals surface area contributed by atoms with Crippen LogP contribution < -0.4 is 5.73 Å². The lowest BCUT2D eigenvalue weighted by Crippen LogP contribution is -2.40. The summed E-state index contributed by atoms with van der Waals surface area (Å²) in [5.74, 6) is 0.716. The number of carbonyl (C=O) groups excluding carboxylic acids is 1. The molecule has 1 aromatic heterocycles. The molecule has 4 nitrogen and oxygen atoms in total. The maximum Gasteiger partial charge on any atom is 0.239 e. The molecule has 18 heavy (non-hydrogen) atoms. The molecule has 1 aromatic carbocycles. The van der Waals surface area contributed by atoms with Crippen molar-refractivity contribution in [1.82, 2.24) is 4.90 Å². The van der Waals surface area contributed by atoms with Gasteiger partial charge in [0.1, 0.15) is 11.3 Å². The van der Waals surface area contributed by atoms with Crippen LogP contribution in [0.2, 0.25) is 0 Å². The minimum Gasteiger partial charge on any atom is -0.459 e. The number of amides is 1. The predicted molar refractivity (Wildman–Crippen MR) is 71.0 cm³/mol. The van der Waals surface area contributed by atoms with Crippen LogP contribution in [0.4, 0.5) is 0 Å². The summed E-state index contributed by atoms with van der Waals surface area (Å²) in [6.45, 7) is 2.35. The minimum absolute atomic E-state index is 0.0574. The van der Waals surface area contributed by atoms with E-state index in [1.807, 2.05) is 37.3 Å². The van der Waals surface area contributed by atoms with E-state index in [0.717, 1.165) is 16.7 Å². The molecule has 0 aliphatic heterocycles. The van der Waals surface area contributed by atoms with Crippen molar-refractivity contribution < 1.29 is 9.21 Å². The van der Waals surface area contributed by atoms with Gasteiger partial charge < -0.3 is 15.1 Å². The summed E-state index contributed by atoms with van der Waals surface area (Å²) >= 11 is 0. The van der Waals surface area contributed by atoms with Crippen molar-refractivity contribution in [3.8, 4) is 0 Å². The average molecular weight is 246 g/mol. The Kier molecular flexibility index (Phi) is 3.67. The number of benzene rings is 1. The summed E-state index contributed by atoms with van der Waals surface area (Å²) in [7, 11) is 1.74. The van der Waals surface area contributed by atoms with Gasteiger partial charge in [0.2, 0.25) is 5.91 Å². The molecule has 0 bridgehead atoms. The SMILES string of the molecule is CC[C@H](N)C(=O)N(C)Cc1cc2ccccc2o1. The van der Waals surface area contributed by atoms with E-state index < -0.39 is 6.04 Å². The summed E-state index contributed by atoms with van der Waals surface area (Å²) in [4.78, 5) is 13.5. The van der Waals surface area contributed by atoms with E-state index in [1.54, 1.807) is 11.9 Å². The number of hydrogen-bond donors (Lipinski definition) is 1. The second-order valence-corrected chi connectivity index (χ2v) is 4.46. The van der Waals surface area contributed by atoms with Gasteiger partial charge in [0, 0.05) is 12.4 Å². The average Bonchev–Trinajstić information content (AvgIpc) is 2.78. The Balaban J connectivity index is 2.11. The number of nitrogens with zero attached hydrogens (tertiary/aromatic N) is 1. The van der Waals surface area contributed by atoms with Gasteiger partial charge >= 0.3 is 0 Å². The zero-order valence-corrected chi connectivity index (χ0v) is 10.7. The zero-order chi connectivity index (χ0) is 13.1. The number of hydrogen-bond acceptors (Lipinski definition) is 3. The third-order valence-electron chi connectivity index (χ3n) is 3.00. The molecule has 0 unspecified atom stereocenters. The number of nitrogens with two attached hydrogens (primary N) is 1. The number of carbonyl (C=O) groups is 1. The lowest BCUT2D eigenvalue weighted by atomic mass is 10.2. The minimum atomic E-state index is -0.431. The van der Waals surface area contributed by atoms with Crippen LogP contribution in [-0.4, -0.2) is 23.9 Å². The molecule has 2 N–H and O–H groups in total. The van der Waals surface area contributed by atoms with Crippen LogP contribution in [0, 0.1) is 0 Å². The zero-order valence-electron chi connectivity index (χ0n) is 10.7. The highest BCUT2D eigenvalue weighted by molar-refractivity contribution is 5.81.